The molecule has 0 bridgehead atoms. The first-order valence-electron chi connectivity index (χ1n) is 7.47. The molecule has 1 aromatic carbocycles. The molecule has 1 aliphatic carbocycles. The molecule has 1 N–H and O–H groups in total. The number of nitrogens with one attached hydrogen (secondary N) is 1. The lowest BCUT2D eigenvalue weighted by Gasteiger charge is -2.25. The van der Waals surface area contributed by atoms with Crippen LogP contribution in [0.25, 0.3) is 0 Å². The molecular weight excluding hydrogens is 250 g/mol. The van der Waals surface area contributed by atoms with E-state index in [-0.39, 0.29) is 11.5 Å². The van der Waals surface area contributed by atoms with Gasteiger partial charge in [0.1, 0.15) is 0 Å². The van der Waals surface area contributed by atoms with Crippen LogP contribution in [0.15, 0.2) is 30.3 Å². The molecule has 110 valence electrons. The molecule has 0 aliphatic heterocycles. The third-order valence-corrected chi connectivity index (χ3v) is 3.88. The standard InChI is InChI=1S/C17H25NO2/c1-4-20-16(19)11-17(2,3)18-12-14-10-15(14)13-8-6-5-7-9-13/h5-9,14-15,18H,4,10-12H2,1-3H3/t14-,15-/m1/s1. The van der Waals surface area contributed by atoms with Crippen LogP contribution in [-0.4, -0.2) is 24.7 Å². The molecule has 1 fully saturated rings. The summed E-state index contributed by atoms with van der Waals surface area (Å²) in [6.45, 7) is 7.38. The summed E-state index contributed by atoms with van der Waals surface area (Å²) in [5.74, 6) is 1.25. The molecule has 0 amide bonds. The van der Waals surface area contributed by atoms with Gasteiger partial charge in [-0.2, -0.15) is 0 Å². The van der Waals surface area contributed by atoms with Crippen molar-refractivity contribution in [2.45, 2.75) is 45.1 Å². The van der Waals surface area contributed by atoms with Gasteiger partial charge in [-0.25, -0.2) is 0 Å². The van der Waals surface area contributed by atoms with E-state index in [1.54, 1.807) is 0 Å². The molecule has 1 saturated carbocycles. The van der Waals surface area contributed by atoms with E-state index in [1.807, 2.05) is 6.92 Å². The fourth-order valence-corrected chi connectivity index (χ4v) is 2.62. The number of rotatable bonds is 7. The molecule has 0 saturated heterocycles. The van der Waals surface area contributed by atoms with Crippen molar-refractivity contribution in [1.82, 2.24) is 5.32 Å². The van der Waals surface area contributed by atoms with Gasteiger partial charge in [-0.3, -0.25) is 4.79 Å². The second-order valence-electron chi connectivity index (χ2n) is 6.26. The van der Waals surface area contributed by atoms with Gasteiger partial charge in [0.25, 0.3) is 0 Å². The summed E-state index contributed by atoms with van der Waals surface area (Å²) in [5, 5.41) is 3.51. The zero-order chi connectivity index (χ0) is 14.6. The van der Waals surface area contributed by atoms with E-state index >= 15 is 0 Å². The largest absolute Gasteiger partial charge is 0.466 e. The third kappa shape index (κ3) is 4.34. The van der Waals surface area contributed by atoms with E-state index < -0.39 is 0 Å². The maximum atomic E-state index is 11.5. The van der Waals surface area contributed by atoms with Gasteiger partial charge >= 0.3 is 5.97 Å². The molecule has 1 aliphatic rings. The van der Waals surface area contributed by atoms with Crippen LogP contribution in [0.2, 0.25) is 0 Å². The summed E-state index contributed by atoms with van der Waals surface area (Å²) in [6, 6.07) is 10.7. The molecule has 1 aromatic rings. The van der Waals surface area contributed by atoms with Crippen molar-refractivity contribution in [2.75, 3.05) is 13.2 Å². The summed E-state index contributed by atoms with van der Waals surface area (Å²) >= 11 is 0. The lowest BCUT2D eigenvalue weighted by Crippen LogP contribution is -2.42. The minimum absolute atomic E-state index is 0.125. The topological polar surface area (TPSA) is 38.3 Å². The van der Waals surface area contributed by atoms with E-state index in [0.29, 0.717) is 24.9 Å². The quantitative estimate of drug-likeness (QED) is 0.777. The van der Waals surface area contributed by atoms with Crippen LogP contribution in [0, 0.1) is 5.92 Å². The number of esters is 1. The molecule has 2 atom stereocenters. The number of hydrogen-bond donors (Lipinski definition) is 1. The summed E-state index contributed by atoms with van der Waals surface area (Å²) < 4.78 is 5.01. The van der Waals surface area contributed by atoms with Crippen LogP contribution in [0.5, 0.6) is 0 Å². The van der Waals surface area contributed by atoms with E-state index in [2.05, 4.69) is 49.5 Å². The number of benzene rings is 1. The van der Waals surface area contributed by atoms with Crippen LogP contribution in [-0.2, 0) is 9.53 Å². The summed E-state index contributed by atoms with van der Waals surface area (Å²) in [4.78, 5) is 11.5. The van der Waals surface area contributed by atoms with Crippen molar-refractivity contribution in [3.63, 3.8) is 0 Å². The van der Waals surface area contributed by atoms with E-state index in [0.717, 1.165) is 6.54 Å². The number of carbonyl (C=O) groups excluding carboxylic acids is 1. The first kappa shape index (κ1) is 15.0. The monoisotopic (exact) mass is 275 g/mol. The van der Waals surface area contributed by atoms with Crippen LogP contribution in [0.3, 0.4) is 0 Å². The minimum atomic E-state index is -0.198. The highest BCUT2D eigenvalue weighted by atomic mass is 16.5. The number of carbonyl (C=O) groups is 1. The average molecular weight is 275 g/mol. The van der Waals surface area contributed by atoms with Crippen LogP contribution >= 0.6 is 0 Å². The Morgan fingerprint density at radius 1 is 1.35 bits per heavy atom. The van der Waals surface area contributed by atoms with Gasteiger partial charge in [0.15, 0.2) is 0 Å². The predicted molar refractivity (Wildman–Crippen MR) is 80.6 cm³/mol. The Balaban J connectivity index is 1.75. The van der Waals surface area contributed by atoms with Crippen LogP contribution in [0.4, 0.5) is 0 Å². The Morgan fingerprint density at radius 3 is 2.70 bits per heavy atom. The molecule has 3 nitrogen and oxygen atoms in total. The fourth-order valence-electron chi connectivity index (χ4n) is 2.62. The second kappa shape index (κ2) is 6.40. The van der Waals surface area contributed by atoms with Gasteiger partial charge in [-0.1, -0.05) is 30.3 Å². The molecule has 2 rings (SSSR count). The molecule has 20 heavy (non-hydrogen) atoms. The highest BCUT2D eigenvalue weighted by molar-refractivity contribution is 5.70. The molecule has 0 heterocycles. The Labute approximate surface area is 121 Å². The zero-order valence-corrected chi connectivity index (χ0v) is 12.7. The molecule has 0 radical (unpaired) electrons. The minimum Gasteiger partial charge on any atom is -0.466 e. The van der Waals surface area contributed by atoms with E-state index in [4.69, 9.17) is 4.74 Å². The molecule has 0 unspecified atom stereocenters. The van der Waals surface area contributed by atoms with Gasteiger partial charge < -0.3 is 10.1 Å². The lowest BCUT2D eigenvalue weighted by molar-refractivity contribution is -0.144. The normalized spacial score (nSPS) is 21.6. The SMILES string of the molecule is CCOC(=O)CC(C)(C)NC[C@H]1C[C@@H]1c1ccccc1. The zero-order valence-electron chi connectivity index (χ0n) is 12.7. The van der Waals surface area contributed by atoms with E-state index in [1.165, 1.54) is 12.0 Å². The van der Waals surface area contributed by atoms with Crippen molar-refractivity contribution in [3.8, 4) is 0 Å². The second-order valence-corrected chi connectivity index (χ2v) is 6.26. The van der Waals surface area contributed by atoms with Crippen molar-refractivity contribution in [1.29, 1.82) is 0 Å². The molecule has 0 aromatic heterocycles. The predicted octanol–water partition coefficient (Wildman–Crippen LogP) is 3.11. The highest BCUT2D eigenvalue weighted by Crippen LogP contribution is 2.47. The molecule has 3 heteroatoms. The van der Waals surface area contributed by atoms with Crippen LogP contribution in [0.1, 0.15) is 45.1 Å². The summed E-state index contributed by atoms with van der Waals surface area (Å²) in [5.41, 5.74) is 1.23. The first-order valence-corrected chi connectivity index (χ1v) is 7.47. The number of ether oxygens (including phenoxy) is 1. The number of hydrogen-bond acceptors (Lipinski definition) is 3. The summed E-state index contributed by atoms with van der Waals surface area (Å²) in [7, 11) is 0. The lowest BCUT2D eigenvalue weighted by atomic mass is 10.0. The fraction of sp³-hybridized carbons (Fsp3) is 0.588. The Bertz CT molecular complexity index is 442. The summed E-state index contributed by atoms with van der Waals surface area (Å²) in [6.07, 6.45) is 1.66. The van der Waals surface area contributed by atoms with Gasteiger partial charge in [0, 0.05) is 5.54 Å². The van der Waals surface area contributed by atoms with E-state index in [9.17, 15) is 4.79 Å². The maximum Gasteiger partial charge on any atom is 0.307 e. The van der Waals surface area contributed by atoms with Crippen LogP contribution < -0.4 is 5.32 Å². The van der Waals surface area contributed by atoms with Crippen molar-refractivity contribution >= 4 is 5.97 Å². The smallest absolute Gasteiger partial charge is 0.307 e. The van der Waals surface area contributed by atoms with Gasteiger partial charge in [0.2, 0.25) is 0 Å². The Hall–Kier alpha value is -1.35. The molecule has 0 spiro atoms. The highest BCUT2D eigenvalue weighted by Gasteiger charge is 2.38. The maximum absolute atomic E-state index is 11.5. The van der Waals surface area contributed by atoms with Gasteiger partial charge in [-0.05, 0) is 51.1 Å². The van der Waals surface area contributed by atoms with Crippen molar-refractivity contribution < 1.29 is 9.53 Å². The van der Waals surface area contributed by atoms with Gasteiger partial charge in [-0.15, -0.1) is 0 Å². The average Bonchev–Trinajstić information content (AvgIpc) is 3.17. The Kier molecular flexibility index (Phi) is 4.81. The van der Waals surface area contributed by atoms with Crippen molar-refractivity contribution in [3.05, 3.63) is 35.9 Å². The first-order chi connectivity index (χ1) is 9.52. The van der Waals surface area contributed by atoms with Crippen molar-refractivity contribution in [2.24, 2.45) is 5.92 Å². The van der Waals surface area contributed by atoms with Gasteiger partial charge in [0.05, 0.1) is 13.0 Å². The third-order valence-electron chi connectivity index (χ3n) is 3.88. The Morgan fingerprint density at radius 2 is 2.05 bits per heavy atom. The molecular formula is C17H25NO2.